The maximum Gasteiger partial charge on any atom is 0.229 e. The van der Waals surface area contributed by atoms with Gasteiger partial charge in [0, 0.05) is 31.8 Å². The Kier molecular flexibility index (Phi) is 4.71. The van der Waals surface area contributed by atoms with E-state index < -0.39 is 0 Å². The predicted octanol–water partition coefficient (Wildman–Crippen LogP) is 2.49. The number of carbonyl (C=O) groups is 3. The standard InChI is InChI=1S/C17H23N3O3S/c1-9(2)20(3)16(23)11-7-12-14(13(21)8-11)24-17(18-12)19-15(22)10-5-4-6-10/h9-11H,4-8H2,1-3H3,(H,18,19,22)/t11-/m1/s1. The van der Waals surface area contributed by atoms with Crippen LogP contribution in [0.2, 0.25) is 0 Å². The van der Waals surface area contributed by atoms with Crippen molar-refractivity contribution in [2.75, 3.05) is 12.4 Å². The molecule has 1 saturated carbocycles. The number of hydrogen-bond donors (Lipinski definition) is 1. The van der Waals surface area contributed by atoms with Crippen molar-refractivity contribution >= 4 is 34.1 Å². The molecule has 6 nitrogen and oxygen atoms in total. The van der Waals surface area contributed by atoms with Gasteiger partial charge in [-0.3, -0.25) is 14.4 Å². The first-order valence-electron chi connectivity index (χ1n) is 8.47. The topological polar surface area (TPSA) is 79.4 Å². The maximum atomic E-state index is 12.5. The molecule has 2 aliphatic rings. The minimum atomic E-state index is -0.352. The number of amides is 2. The fourth-order valence-electron chi connectivity index (χ4n) is 2.98. The van der Waals surface area contributed by atoms with E-state index >= 15 is 0 Å². The number of hydrogen-bond acceptors (Lipinski definition) is 5. The van der Waals surface area contributed by atoms with Gasteiger partial charge < -0.3 is 10.2 Å². The molecule has 2 aliphatic carbocycles. The number of nitrogens with zero attached hydrogens (tertiary/aromatic N) is 2. The van der Waals surface area contributed by atoms with Crippen LogP contribution in [0, 0.1) is 11.8 Å². The Morgan fingerprint density at radius 1 is 1.25 bits per heavy atom. The molecule has 0 spiro atoms. The highest BCUT2D eigenvalue weighted by Gasteiger charge is 2.35. The van der Waals surface area contributed by atoms with Crippen LogP contribution in [0.15, 0.2) is 0 Å². The summed E-state index contributed by atoms with van der Waals surface area (Å²) < 4.78 is 0. The first-order valence-corrected chi connectivity index (χ1v) is 9.29. The highest BCUT2D eigenvalue weighted by Crippen LogP contribution is 2.34. The second-order valence-corrected chi connectivity index (χ2v) is 7.98. The summed E-state index contributed by atoms with van der Waals surface area (Å²) in [5.41, 5.74) is 0.649. The van der Waals surface area contributed by atoms with Crippen LogP contribution >= 0.6 is 11.3 Å². The van der Waals surface area contributed by atoms with Crippen LogP contribution in [-0.2, 0) is 16.0 Å². The van der Waals surface area contributed by atoms with Crippen LogP contribution in [0.25, 0.3) is 0 Å². The molecule has 130 valence electrons. The minimum absolute atomic E-state index is 0.00744. The largest absolute Gasteiger partial charge is 0.343 e. The van der Waals surface area contributed by atoms with Crippen molar-refractivity contribution < 1.29 is 14.4 Å². The summed E-state index contributed by atoms with van der Waals surface area (Å²) in [5.74, 6) is -0.345. The molecule has 3 rings (SSSR count). The number of rotatable bonds is 4. The van der Waals surface area contributed by atoms with E-state index in [1.54, 1.807) is 11.9 Å². The third kappa shape index (κ3) is 3.22. The number of fused-ring (bicyclic) bond motifs is 1. The van der Waals surface area contributed by atoms with Gasteiger partial charge in [0.2, 0.25) is 11.8 Å². The molecule has 1 N–H and O–H groups in total. The number of anilines is 1. The molecule has 0 bridgehead atoms. The average molecular weight is 349 g/mol. The fraction of sp³-hybridized carbons (Fsp3) is 0.647. The van der Waals surface area contributed by atoms with E-state index in [0.29, 0.717) is 22.1 Å². The second-order valence-electron chi connectivity index (χ2n) is 6.98. The summed E-state index contributed by atoms with van der Waals surface area (Å²) in [4.78, 5) is 43.6. The summed E-state index contributed by atoms with van der Waals surface area (Å²) >= 11 is 1.23. The van der Waals surface area contributed by atoms with E-state index in [2.05, 4.69) is 10.3 Å². The Balaban J connectivity index is 1.72. The maximum absolute atomic E-state index is 12.5. The molecule has 7 heteroatoms. The van der Waals surface area contributed by atoms with Crippen LogP contribution < -0.4 is 5.32 Å². The van der Waals surface area contributed by atoms with Gasteiger partial charge in [-0.15, -0.1) is 0 Å². The van der Waals surface area contributed by atoms with Crippen molar-refractivity contribution in [3.8, 4) is 0 Å². The quantitative estimate of drug-likeness (QED) is 0.906. The third-order valence-electron chi connectivity index (χ3n) is 5.00. The molecule has 2 amide bonds. The monoisotopic (exact) mass is 349 g/mol. The molecule has 0 aliphatic heterocycles. The number of thiazole rings is 1. The smallest absolute Gasteiger partial charge is 0.229 e. The molecule has 0 unspecified atom stereocenters. The van der Waals surface area contributed by atoms with E-state index in [4.69, 9.17) is 0 Å². The third-order valence-corrected chi connectivity index (χ3v) is 6.05. The van der Waals surface area contributed by atoms with Crippen molar-refractivity contribution in [2.24, 2.45) is 11.8 Å². The van der Waals surface area contributed by atoms with Gasteiger partial charge in [-0.05, 0) is 26.7 Å². The summed E-state index contributed by atoms with van der Waals surface area (Å²) in [6.45, 7) is 3.90. The zero-order valence-corrected chi connectivity index (χ0v) is 15.1. The molecule has 0 radical (unpaired) electrons. The number of nitrogens with one attached hydrogen (secondary N) is 1. The Bertz CT molecular complexity index is 679. The van der Waals surface area contributed by atoms with E-state index in [1.165, 1.54) is 11.3 Å². The van der Waals surface area contributed by atoms with Crippen LogP contribution in [0.3, 0.4) is 0 Å². The van der Waals surface area contributed by atoms with Gasteiger partial charge in [-0.2, -0.15) is 0 Å². The van der Waals surface area contributed by atoms with Gasteiger partial charge >= 0.3 is 0 Å². The van der Waals surface area contributed by atoms with E-state index in [-0.39, 0.29) is 41.9 Å². The molecule has 0 aromatic carbocycles. The summed E-state index contributed by atoms with van der Waals surface area (Å²) in [7, 11) is 1.76. The molecular formula is C17H23N3O3S. The lowest BCUT2D eigenvalue weighted by Crippen LogP contribution is -2.40. The van der Waals surface area contributed by atoms with Crippen LogP contribution in [0.1, 0.15) is 54.9 Å². The SMILES string of the molecule is CC(C)N(C)C(=O)[C@H]1CC(=O)c2sc(NC(=O)C3CCC3)nc2C1. The molecule has 1 atom stereocenters. The van der Waals surface area contributed by atoms with Gasteiger partial charge in [0.15, 0.2) is 10.9 Å². The van der Waals surface area contributed by atoms with Gasteiger partial charge in [0.25, 0.3) is 0 Å². The zero-order chi connectivity index (χ0) is 17.4. The van der Waals surface area contributed by atoms with Gasteiger partial charge in [0.1, 0.15) is 0 Å². The first kappa shape index (κ1) is 17.1. The molecule has 1 heterocycles. The molecule has 0 saturated heterocycles. The summed E-state index contributed by atoms with van der Waals surface area (Å²) in [6, 6.07) is 0.0989. The van der Waals surface area contributed by atoms with Crippen LogP contribution in [0.5, 0.6) is 0 Å². The second kappa shape index (κ2) is 6.63. The van der Waals surface area contributed by atoms with Gasteiger partial charge in [-0.1, -0.05) is 17.8 Å². The predicted molar refractivity (Wildman–Crippen MR) is 92.1 cm³/mol. The van der Waals surface area contributed by atoms with Crippen molar-refractivity contribution in [3.05, 3.63) is 10.6 Å². The number of Topliss-reactive ketones (excluding diaryl/α,β-unsaturated/α-hetero) is 1. The lowest BCUT2D eigenvalue weighted by Gasteiger charge is -2.28. The van der Waals surface area contributed by atoms with Crippen LogP contribution in [-0.4, -0.2) is 40.6 Å². The number of carbonyl (C=O) groups excluding carboxylic acids is 3. The highest BCUT2D eigenvalue weighted by atomic mass is 32.1. The first-order chi connectivity index (χ1) is 11.4. The zero-order valence-electron chi connectivity index (χ0n) is 14.3. The van der Waals surface area contributed by atoms with Crippen molar-refractivity contribution in [3.63, 3.8) is 0 Å². The Labute approximate surface area is 145 Å². The Morgan fingerprint density at radius 3 is 2.54 bits per heavy atom. The van der Waals surface area contributed by atoms with Gasteiger partial charge in [0.05, 0.1) is 16.5 Å². The molecule has 1 aromatic heterocycles. The average Bonchev–Trinajstić information content (AvgIpc) is 2.86. The molecule has 24 heavy (non-hydrogen) atoms. The minimum Gasteiger partial charge on any atom is -0.343 e. The Hall–Kier alpha value is -1.76. The van der Waals surface area contributed by atoms with E-state index in [9.17, 15) is 14.4 Å². The fourth-order valence-corrected chi connectivity index (χ4v) is 3.92. The Morgan fingerprint density at radius 2 is 1.96 bits per heavy atom. The molecule has 1 fully saturated rings. The molecule has 1 aromatic rings. The van der Waals surface area contributed by atoms with E-state index in [0.717, 1.165) is 19.3 Å². The van der Waals surface area contributed by atoms with E-state index in [1.807, 2.05) is 13.8 Å². The van der Waals surface area contributed by atoms with Crippen LogP contribution in [0.4, 0.5) is 5.13 Å². The molecular weight excluding hydrogens is 326 g/mol. The van der Waals surface area contributed by atoms with Crippen molar-refractivity contribution in [1.82, 2.24) is 9.88 Å². The van der Waals surface area contributed by atoms with Crippen molar-refractivity contribution in [1.29, 1.82) is 0 Å². The lowest BCUT2D eigenvalue weighted by molar-refractivity contribution is -0.135. The highest BCUT2D eigenvalue weighted by molar-refractivity contribution is 7.17. The number of ketones is 1. The summed E-state index contributed by atoms with van der Waals surface area (Å²) in [5, 5.41) is 3.31. The summed E-state index contributed by atoms with van der Waals surface area (Å²) in [6.07, 6.45) is 3.63. The van der Waals surface area contributed by atoms with Crippen molar-refractivity contribution in [2.45, 2.75) is 52.0 Å². The normalized spacial score (nSPS) is 20.5. The lowest BCUT2D eigenvalue weighted by atomic mass is 9.85. The number of aromatic nitrogens is 1. The van der Waals surface area contributed by atoms with Gasteiger partial charge in [-0.25, -0.2) is 4.98 Å².